The van der Waals surface area contributed by atoms with Crippen LogP contribution in [0.3, 0.4) is 0 Å². The number of halogens is 2. The average molecular weight is 304 g/mol. The molecule has 20 heavy (non-hydrogen) atoms. The van der Waals surface area contributed by atoms with Gasteiger partial charge in [-0.3, -0.25) is 4.79 Å². The molecular formula is C13H15ClFNO4. The second-order valence-corrected chi connectivity index (χ2v) is 5.07. The molecule has 1 atom stereocenters. The standard InChI is InChI=1S/C13H15ClFNO4/c14-10-5-9(15)1-2-11(10)20-6-12(17)16-7-13(18)3-4-19-8-13/h1-2,5,18H,3-4,6-8H2,(H,16,17). The van der Waals surface area contributed by atoms with Crippen LogP contribution in [0.25, 0.3) is 0 Å². The van der Waals surface area contributed by atoms with Crippen molar-refractivity contribution in [3.05, 3.63) is 29.0 Å². The summed E-state index contributed by atoms with van der Waals surface area (Å²) in [7, 11) is 0. The van der Waals surface area contributed by atoms with Gasteiger partial charge in [0.1, 0.15) is 17.2 Å². The van der Waals surface area contributed by atoms with E-state index in [0.717, 1.165) is 6.07 Å². The number of nitrogens with one attached hydrogen (secondary N) is 1. The molecule has 110 valence electrons. The van der Waals surface area contributed by atoms with Gasteiger partial charge in [-0.15, -0.1) is 0 Å². The summed E-state index contributed by atoms with van der Waals surface area (Å²) in [5.74, 6) is -0.646. The van der Waals surface area contributed by atoms with Crippen molar-refractivity contribution in [2.24, 2.45) is 0 Å². The van der Waals surface area contributed by atoms with Gasteiger partial charge in [0.05, 0.1) is 11.6 Å². The van der Waals surface area contributed by atoms with E-state index in [-0.39, 0.29) is 30.5 Å². The molecule has 0 radical (unpaired) electrons. The van der Waals surface area contributed by atoms with Crippen molar-refractivity contribution < 1.29 is 23.8 Å². The number of carbonyl (C=O) groups excluding carboxylic acids is 1. The summed E-state index contributed by atoms with van der Waals surface area (Å²) in [6, 6.07) is 3.65. The average Bonchev–Trinajstić information content (AvgIpc) is 2.83. The van der Waals surface area contributed by atoms with Crippen molar-refractivity contribution >= 4 is 17.5 Å². The van der Waals surface area contributed by atoms with Gasteiger partial charge in [0.25, 0.3) is 5.91 Å². The van der Waals surface area contributed by atoms with Gasteiger partial charge in [-0.05, 0) is 18.2 Å². The van der Waals surface area contributed by atoms with Crippen molar-refractivity contribution in [2.45, 2.75) is 12.0 Å². The monoisotopic (exact) mass is 303 g/mol. The molecule has 0 bridgehead atoms. The molecule has 1 amide bonds. The van der Waals surface area contributed by atoms with Gasteiger partial charge < -0.3 is 19.9 Å². The Morgan fingerprint density at radius 3 is 3.05 bits per heavy atom. The van der Waals surface area contributed by atoms with Crippen LogP contribution in [0.4, 0.5) is 4.39 Å². The first-order chi connectivity index (χ1) is 9.48. The summed E-state index contributed by atoms with van der Waals surface area (Å²) < 4.78 is 23.1. The fourth-order valence-corrected chi connectivity index (χ4v) is 2.01. The third-order valence-corrected chi connectivity index (χ3v) is 3.25. The van der Waals surface area contributed by atoms with Crippen LogP contribution in [0.5, 0.6) is 5.75 Å². The topological polar surface area (TPSA) is 67.8 Å². The minimum atomic E-state index is -1.01. The molecule has 1 aliphatic rings. The van der Waals surface area contributed by atoms with Gasteiger partial charge in [0, 0.05) is 19.6 Å². The van der Waals surface area contributed by atoms with Crippen LogP contribution in [0.15, 0.2) is 18.2 Å². The van der Waals surface area contributed by atoms with Gasteiger partial charge in [-0.25, -0.2) is 4.39 Å². The maximum Gasteiger partial charge on any atom is 0.258 e. The molecule has 1 aliphatic heterocycles. The summed E-state index contributed by atoms with van der Waals surface area (Å²) in [6.07, 6.45) is 0.484. The Hall–Kier alpha value is -1.37. The number of hydrogen-bond donors (Lipinski definition) is 2. The van der Waals surface area contributed by atoms with E-state index < -0.39 is 17.3 Å². The van der Waals surface area contributed by atoms with E-state index in [9.17, 15) is 14.3 Å². The van der Waals surface area contributed by atoms with E-state index in [1.807, 2.05) is 0 Å². The second-order valence-electron chi connectivity index (χ2n) is 4.67. The number of benzene rings is 1. The molecule has 2 N–H and O–H groups in total. The van der Waals surface area contributed by atoms with E-state index in [1.54, 1.807) is 0 Å². The predicted molar refractivity (Wildman–Crippen MR) is 70.3 cm³/mol. The third kappa shape index (κ3) is 4.06. The molecule has 1 fully saturated rings. The van der Waals surface area contributed by atoms with Gasteiger partial charge in [0.15, 0.2) is 6.61 Å². The van der Waals surface area contributed by atoms with Crippen LogP contribution in [-0.2, 0) is 9.53 Å². The molecule has 7 heteroatoms. The normalized spacial score (nSPS) is 21.8. The second kappa shape index (κ2) is 6.39. The number of ether oxygens (including phenoxy) is 2. The number of hydrogen-bond acceptors (Lipinski definition) is 4. The maximum atomic E-state index is 12.8. The smallest absolute Gasteiger partial charge is 0.258 e. The molecule has 0 saturated carbocycles. The lowest BCUT2D eigenvalue weighted by atomic mass is 10.0. The summed E-state index contributed by atoms with van der Waals surface area (Å²) in [4.78, 5) is 11.6. The fraction of sp³-hybridized carbons (Fsp3) is 0.462. The molecule has 5 nitrogen and oxygen atoms in total. The zero-order chi connectivity index (χ0) is 14.6. The summed E-state index contributed by atoms with van der Waals surface area (Å²) in [5, 5.41) is 12.6. The van der Waals surface area contributed by atoms with Gasteiger partial charge in [-0.1, -0.05) is 11.6 Å². The van der Waals surface area contributed by atoms with Gasteiger partial charge in [-0.2, -0.15) is 0 Å². The molecule has 1 aromatic carbocycles. The van der Waals surface area contributed by atoms with E-state index >= 15 is 0 Å². The van der Waals surface area contributed by atoms with Crippen LogP contribution < -0.4 is 10.1 Å². The highest BCUT2D eigenvalue weighted by Crippen LogP contribution is 2.24. The molecule has 2 rings (SSSR count). The van der Waals surface area contributed by atoms with Crippen LogP contribution >= 0.6 is 11.6 Å². The third-order valence-electron chi connectivity index (χ3n) is 2.95. The predicted octanol–water partition coefficient (Wildman–Crippen LogP) is 1.13. The van der Waals surface area contributed by atoms with Crippen LogP contribution in [0.1, 0.15) is 6.42 Å². The van der Waals surface area contributed by atoms with Crippen molar-refractivity contribution in [3.63, 3.8) is 0 Å². The molecular weight excluding hydrogens is 289 g/mol. The first kappa shape index (κ1) is 15.0. The lowest BCUT2D eigenvalue weighted by molar-refractivity contribution is -0.124. The summed E-state index contributed by atoms with van der Waals surface area (Å²) in [6.45, 7) is 0.528. The fourth-order valence-electron chi connectivity index (χ4n) is 1.79. The zero-order valence-electron chi connectivity index (χ0n) is 10.7. The van der Waals surface area contributed by atoms with Crippen LogP contribution in [-0.4, -0.2) is 43.0 Å². The largest absolute Gasteiger partial charge is 0.482 e. The quantitative estimate of drug-likeness (QED) is 0.855. The Bertz CT molecular complexity index is 491. The Balaban J connectivity index is 1.77. The van der Waals surface area contributed by atoms with E-state index in [0.29, 0.717) is 13.0 Å². The van der Waals surface area contributed by atoms with Crippen molar-refractivity contribution in [1.29, 1.82) is 0 Å². The van der Waals surface area contributed by atoms with Crippen LogP contribution in [0, 0.1) is 5.82 Å². The minimum Gasteiger partial charge on any atom is -0.482 e. The SMILES string of the molecule is O=C(COc1ccc(F)cc1Cl)NCC1(O)CCOC1. The number of carbonyl (C=O) groups is 1. The van der Waals surface area contributed by atoms with E-state index in [4.69, 9.17) is 21.1 Å². The molecule has 1 aromatic rings. The Morgan fingerprint density at radius 1 is 1.60 bits per heavy atom. The highest BCUT2D eigenvalue weighted by molar-refractivity contribution is 6.32. The van der Waals surface area contributed by atoms with Crippen molar-refractivity contribution in [3.8, 4) is 5.75 Å². The number of rotatable bonds is 5. The maximum absolute atomic E-state index is 12.8. The van der Waals surface area contributed by atoms with E-state index in [1.165, 1.54) is 12.1 Å². The lowest BCUT2D eigenvalue weighted by Crippen LogP contribution is -2.44. The molecule has 1 unspecified atom stereocenters. The Kier molecular flexibility index (Phi) is 4.80. The number of amides is 1. The van der Waals surface area contributed by atoms with Crippen molar-refractivity contribution in [1.82, 2.24) is 5.32 Å². The highest BCUT2D eigenvalue weighted by atomic mass is 35.5. The lowest BCUT2D eigenvalue weighted by Gasteiger charge is -2.20. The first-order valence-electron chi connectivity index (χ1n) is 6.13. The zero-order valence-corrected chi connectivity index (χ0v) is 11.5. The molecule has 0 aliphatic carbocycles. The van der Waals surface area contributed by atoms with Crippen LogP contribution in [0.2, 0.25) is 5.02 Å². The highest BCUT2D eigenvalue weighted by Gasteiger charge is 2.32. The van der Waals surface area contributed by atoms with E-state index in [2.05, 4.69) is 5.32 Å². The Morgan fingerprint density at radius 2 is 2.40 bits per heavy atom. The molecule has 0 spiro atoms. The van der Waals surface area contributed by atoms with Gasteiger partial charge >= 0.3 is 0 Å². The number of aliphatic hydroxyl groups is 1. The van der Waals surface area contributed by atoms with Crippen molar-refractivity contribution in [2.75, 3.05) is 26.4 Å². The first-order valence-corrected chi connectivity index (χ1v) is 6.51. The molecule has 1 heterocycles. The van der Waals surface area contributed by atoms with Gasteiger partial charge in [0.2, 0.25) is 0 Å². The minimum absolute atomic E-state index is 0.0978. The molecule has 1 saturated heterocycles. The molecule has 0 aromatic heterocycles. The Labute approximate surface area is 120 Å². The summed E-state index contributed by atoms with van der Waals surface area (Å²) in [5.41, 5.74) is -1.01. The summed E-state index contributed by atoms with van der Waals surface area (Å²) >= 11 is 5.76.